The molecule has 0 spiro atoms. The Balaban J connectivity index is 1.47. The monoisotopic (exact) mass is 389 g/mol. The minimum absolute atomic E-state index is 0.339. The molecule has 1 aromatic heterocycles. The lowest BCUT2D eigenvalue weighted by Crippen LogP contribution is -2.33. The third kappa shape index (κ3) is 4.26. The number of fused-ring (bicyclic) bond motifs is 1. The number of likely N-dealkylation sites (tertiary alicyclic amines) is 1. The Morgan fingerprint density at radius 1 is 1.28 bits per heavy atom. The Bertz CT molecular complexity index is 1010. The van der Waals surface area contributed by atoms with Gasteiger partial charge in [-0.3, -0.25) is 14.9 Å². The Labute approximate surface area is 171 Å². The van der Waals surface area contributed by atoms with Gasteiger partial charge in [0.05, 0.1) is 0 Å². The van der Waals surface area contributed by atoms with Crippen molar-refractivity contribution in [2.75, 3.05) is 6.54 Å². The van der Waals surface area contributed by atoms with Crippen molar-refractivity contribution in [3.63, 3.8) is 0 Å². The number of benzene rings is 2. The predicted octanol–water partition coefficient (Wildman–Crippen LogP) is 4.45. The van der Waals surface area contributed by atoms with Gasteiger partial charge in [-0.05, 0) is 61.6 Å². The number of hydroxylamine groups is 1. The number of nitrogens with one attached hydrogen (secondary N) is 2. The van der Waals surface area contributed by atoms with Crippen LogP contribution in [0.25, 0.3) is 17.0 Å². The van der Waals surface area contributed by atoms with E-state index in [0.717, 1.165) is 18.5 Å². The van der Waals surface area contributed by atoms with Gasteiger partial charge in [-0.25, -0.2) is 5.48 Å². The molecule has 1 amide bonds. The van der Waals surface area contributed by atoms with E-state index < -0.39 is 5.91 Å². The number of nitrogens with zero attached hydrogens (tertiary/aromatic N) is 1. The van der Waals surface area contributed by atoms with Crippen LogP contribution in [0.2, 0.25) is 0 Å². The first-order valence-electron chi connectivity index (χ1n) is 10.2. The van der Waals surface area contributed by atoms with Gasteiger partial charge in [-0.1, -0.05) is 42.5 Å². The van der Waals surface area contributed by atoms with Crippen molar-refractivity contribution in [2.45, 2.75) is 38.3 Å². The maximum absolute atomic E-state index is 11.1. The van der Waals surface area contributed by atoms with Gasteiger partial charge in [-0.2, -0.15) is 0 Å². The normalized spacial score (nSPS) is 18.5. The summed E-state index contributed by atoms with van der Waals surface area (Å²) in [5.41, 5.74) is 6.41. The van der Waals surface area contributed by atoms with E-state index in [9.17, 15) is 4.79 Å². The van der Waals surface area contributed by atoms with Crippen LogP contribution in [-0.2, 0) is 11.2 Å². The van der Waals surface area contributed by atoms with Gasteiger partial charge in [0.15, 0.2) is 0 Å². The van der Waals surface area contributed by atoms with E-state index in [2.05, 4.69) is 59.4 Å². The zero-order valence-electron chi connectivity index (χ0n) is 16.6. The third-order valence-electron chi connectivity index (χ3n) is 6.01. The van der Waals surface area contributed by atoms with Crippen LogP contribution >= 0.6 is 0 Å². The van der Waals surface area contributed by atoms with Gasteiger partial charge in [0.2, 0.25) is 0 Å². The lowest BCUT2D eigenvalue weighted by molar-refractivity contribution is -0.124. The molecular formula is C24H27N3O2. The molecule has 5 nitrogen and oxygen atoms in total. The minimum atomic E-state index is -0.528. The van der Waals surface area contributed by atoms with Gasteiger partial charge in [-0.15, -0.1) is 0 Å². The molecule has 29 heavy (non-hydrogen) atoms. The summed E-state index contributed by atoms with van der Waals surface area (Å²) in [5.74, 6) is -0.528. The highest BCUT2D eigenvalue weighted by Gasteiger charge is 2.29. The number of H-pyrrole nitrogens is 1. The molecular weight excluding hydrogens is 362 g/mol. The Morgan fingerprint density at radius 2 is 2.07 bits per heavy atom. The van der Waals surface area contributed by atoms with Crippen LogP contribution in [0.4, 0.5) is 0 Å². The summed E-state index contributed by atoms with van der Waals surface area (Å²) >= 11 is 0. The molecule has 2 aromatic carbocycles. The van der Waals surface area contributed by atoms with Crippen LogP contribution in [0.5, 0.6) is 0 Å². The number of hydrogen-bond donors (Lipinski definition) is 3. The fourth-order valence-electron chi connectivity index (χ4n) is 4.43. The predicted molar refractivity (Wildman–Crippen MR) is 116 cm³/mol. The number of aromatic amines is 1. The first kappa shape index (κ1) is 19.4. The Kier molecular flexibility index (Phi) is 5.79. The van der Waals surface area contributed by atoms with E-state index in [1.54, 1.807) is 11.6 Å². The lowest BCUT2D eigenvalue weighted by Gasteiger charge is -2.31. The molecule has 2 heterocycles. The second-order valence-electron chi connectivity index (χ2n) is 7.75. The molecule has 1 unspecified atom stereocenters. The van der Waals surface area contributed by atoms with Crippen molar-refractivity contribution >= 4 is 22.9 Å². The average molecular weight is 389 g/mol. The van der Waals surface area contributed by atoms with Gasteiger partial charge >= 0.3 is 0 Å². The van der Waals surface area contributed by atoms with Crippen LogP contribution in [0.15, 0.2) is 60.8 Å². The molecule has 1 aliphatic rings. The number of amides is 1. The summed E-state index contributed by atoms with van der Waals surface area (Å²) in [6.07, 6.45) is 8.68. The molecule has 0 aliphatic carbocycles. The van der Waals surface area contributed by atoms with Crippen molar-refractivity contribution in [3.8, 4) is 0 Å². The maximum Gasteiger partial charge on any atom is 0.267 e. The topological polar surface area (TPSA) is 68.4 Å². The van der Waals surface area contributed by atoms with Gasteiger partial charge in [0, 0.05) is 35.3 Å². The first-order chi connectivity index (χ1) is 14.2. The van der Waals surface area contributed by atoms with E-state index >= 15 is 0 Å². The SMILES string of the molecule is CC(c1ccc(/C=C/C(=O)NO)cc1)N1CCC[C@@H]1Cc1c[nH]c2ccccc12. The number of hydrogen-bond acceptors (Lipinski definition) is 3. The maximum atomic E-state index is 11.1. The molecule has 1 fully saturated rings. The molecule has 0 bridgehead atoms. The molecule has 150 valence electrons. The van der Waals surface area contributed by atoms with Crippen molar-refractivity contribution in [3.05, 3.63) is 77.5 Å². The smallest absolute Gasteiger partial charge is 0.267 e. The fraction of sp³-hybridized carbons (Fsp3) is 0.292. The first-order valence-corrected chi connectivity index (χ1v) is 10.2. The van der Waals surface area contributed by atoms with Crippen LogP contribution in [-0.4, -0.2) is 33.6 Å². The molecule has 4 rings (SSSR count). The molecule has 1 saturated heterocycles. The summed E-state index contributed by atoms with van der Waals surface area (Å²) in [7, 11) is 0. The highest BCUT2D eigenvalue weighted by molar-refractivity contribution is 5.90. The molecule has 1 aliphatic heterocycles. The minimum Gasteiger partial charge on any atom is -0.361 e. The number of para-hydroxylation sites is 1. The largest absolute Gasteiger partial charge is 0.361 e. The van der Waals surface area contributed by atoms with E-state index in [1.165, 1.54) is 40.9 Å². The Hall–Kier alpha value is -2.89. The average Bonchev–Trinajstić information content (AvgIpc) is 3.39. The molecule has 2 atom stereocenters. The summed E-state index contributed by atoms with van der Waals surface area (Å²) in [4.78, 5) is 17.1. The van der Waals surface area contributed by atoms with Crippen LogP contribution < -0.4 is 5.48 Å². The summed E-state index contributed by atoms with van der Waals surface area (Å²) in [6, 6.07) is 17.7. The molecule has 0 radical (unpaired) electrons. The van der Waals surface area contributed by atoms with Crippen molar-refractivity contribution < 1.29 is 10.0 Å². The number of rotatable bonds is 6. The van der Waals surface area contributed by atoms with Gasteiger partial charge in [0.25, 0.3) is 5.91 Å². The lowest BCUT2D eigenvalue weighted by atomic mass is 10.00. The van der Waals surface area contributed by atoms with Crippen LogP contribution in [0.3, 0.4) is 0 Å². The van der Waals surface area contributed by atoms with Gasteiger partial charge in [0.1, 0.15) is 0 Å². The highest BCUT2D eigenvalue weighted by atomic mass is 16.5. The van der Waals surface area contributed by atoms with Crippen molar-refractivity contribution in [2.24, 2.45) is 0 Å². The van der Waals surface area contributed by atoms with E-state index in [1.807, 2.05) is 12.1 Å². The molecule has 5 heteroatoms. The quantitative estimate of drug-likeness (QED) is 0.331. The summed E-state index contributed by atoms with van der Waals surface area (Å²) < 4.78 is 0. The zero-order chi connectivity index (χ0) is 20.2. The van der Waals surface area contributed by atoms with Crippen molar-refractivity contribution in [1.29, 1.82) is 0 Å². The van der Waals surface area contributed by atoms with E-state index in [-0.39, 0.29) is 0 Å². The molecule has 3 N–H and O–H groups in total. The number of carbonyl (C=O) groups is 1. The zero-order valence-corrected chi connectivity index (χ0v) is 16.6. The van der Waals surface area contributed by atoms with E-state index in [4.69, 9.17) is 5.21 Å². The molecule has 0 saturated carbocycles. The highest BCUT2D eigenvalue weighted by Crippen LogP contribution is 2.32. The molecule has 3 aromatic rings. The number of aromatic nitrogens is 1. The van der Waals surface area contributed by atoms with E-state index in [0.29, 0.717) is 12.1 Å². The third-order valence-corrected chi connectivity index (χ3v) is 6.01. The standard InChI is InChI=1S/C24H27N3O2/c1-17(19-11-8-18(9-12-19)10-13-24(28)26-29)27-14-4-5-21(27)15-20-16-25-23-7-3-2-6-22(20)23/h2-3,6-13,16-17,21,25,29H,4-5,14-15H2,1H3,(H,26,28)/b13-10+/t17?,21-/m1/s1. The van der Waals surface area contributed by atoms with Crippen molar-refractivity contribution in [1.82, 2.24) is 15.4 Å². The van der Waals surface area contributed by atoms with Crippen LogP contribution in [0, 0.1) is 0 Å². The van der Waals surface area contributed by atoms with Gasteiger partial charge < -0.3 is 4.98 Å². The second-order valence-corrected chi connectivity index (χ2v) is 7.75. The summed E-state index contributed by atoms with van der Waals surface area (Å²) in [5, 5.41) is 9.90. The second kappa shape index (κ2) is 8.64. The summed E-state index contributed by atoms with van der Waals surface area (Å²) in [6.45, 7) is 3.39. The number of carbonyl (C=O) groups excluding carboxylic acids is 1. The van der Waals surface area contributed by atoms with Crippen LogP contribution in [0.1, 0.15) is 42.5 Å². The fourth-order valence-corrected chi connectivity index (χ4v) is 4.43. The Morgan fingerprint density at radius 3 is 2.86 bits per heavy atom.